The molecule has 1 saturated carbocycles. The molecule has 0 bridgehead atoms. The summed E-state index contributed by atoms with van der Waals surface area (Å²) in [6.07, 6.45) is 5.82. The first-order valence-corrected chi connectivity index (χ1v) is 8.14. The molecule has 1 aliphatic carbocycles. The number of hydrogen-bond acceptors (Lipinski definition) is 1. The van der Waals surface area contributed by atoms with Gasteiger partial charge in [-0.2, -0.15) is 0 Å². The Labute approximate surface area is 132 Å². The summed E-state index contributed by atoms with van der Waals surface area (Å²) >= 11 is 6.10. The molecule has 110 valence electrons. The van der Waals surface area contributed by atoms with Crippen molar-refractivity contribution in [3.8, 4) is 0 Å². The van der Waals surface area contributed by atoms with Gasteiger partial charge in [0.2, 0.25) is 0 Å². The Morgan fingerprint density at radius 1 is 1.00 bits per heavy atom. The van der Waals surface area contributed by atoms with Crippen molar-refractivity contribution in [2.75, 3.05) is 0 Å². The number of benzene rings is 2. The van der Waals surface area contributed by atoms with Crippen molar-refractivity contribution in [2.24, 2.45) is 5.73 Å². The lowest BCUT2D eigenvalue weighted by Gasteiger charge is -2.36. The molecule has 0 radical (unpaired) electrons. The second-order valence-corrected chi connectivity index (χ2v) is 6.61. The summed E-state index contributed by atoms with van der Waals surface area (Å²) in [5.74, 6) is 0. The van der Waals surface area contributed by atoms with E-state index in [0.29, 0.717) is 0 Å². The van der Waals surface area contributed by atoms with E-state index in [1.165, 1.54) is 36.8 Å². The first-order chi connectivity index (χ1) is 10.2. The van der Waals surface area contributed by atoms with Gasteiger partial charge in [-0.3, -0.25) is 0 Å². The zero-order chi connectivity index (χ0) is 14.7. The Balaban J connectivity index is 1.87. The van der Waals surface area contributed by atoms with Gasteiger partial charge in [0.1, 0.15) is 0 Å². The molecule has 0 aliphatic heterocycles. The van der Waals surface area contributed by atoms with Gasteiger partial charge in [-0.1, -0.05) is 66.9 Å². The summed E-state index contributed by atoms with van der Waals surface area (Å²) in [6, 6.07) is 19.0. The minimum atomic E-state index is 0.129. The molecule has 0 spiro atoms. The van der Waals surface area contributed by atoms with Crippen LogP contribution >= 0.6 is 11.6 Å². The normalized spacial score (nSPS) is 18.6. The minimum absolute atomic E-state index is 0.129. The van der Waals surface area contributed by atoms with Crippen molar-refractivity contribution < 1.29 is 0 Å². The van der Waals surface area contributed by atoms with Crippen molar-refractivity contribution in [3.05, 3.63) is 70.7 Å². The summed E-state index contributed by atoms with van der Waals surface area (Å²) in [5.41, 5.74) is 9.45. The molecule has 21 heavy (non-hydrogen) atoms. The van der Waals surface area contributed by atoms with Crippen molar-refractivity contribution in [2.45, 2.75) is 43.6 Å². The maximum Gasteiger partial charge on any atom is 0.0408 e. The largest absolute Gasteiger partial charge is 0.327 e. The molecule has 3 rings (SSSR count). The van der Waals surface area contributed by atoms with E-state index < -0.39 is 0 Å². The molecule has 2 aromatic carbocycles. The van der Waals surface area contributed by atoms with E-state index in [4.69, 9.17) is 17.3 Å². The van der Waals surface area contributed by atoms with Gasteiger partial charge in [0.25, 0.3) is 0 Å². The molecule has 1 fully saturated rings. The molecular weight excluding hydrogens is 278 g/mol. The molecule has 0 aromatic heterocycles. The lowest BCUT2D eigenvalue weighted by molar-refractivity contribution is 0.347. The predicted octanol–water partition coefficient (Wildman–Crippen LogP) is 4.72. The highest BCUT2D eigenvalue weighted by molar-refractivity contribution is 6.30. The third-order valence-corrected chi connectivity index (χ3v) is 5.13. The minimum Gasteiger partial charge on any atom is -0.327 e. The number of rotatable bonds is 4. The van der Waals surface area contributed by atoms with E-state index in [1.54, 1.807) is 0 Å². The van der Waals surface area contributed by atoms with Crippen LogP contribution in [0.4, 0.5) is 0 Å². The lowest BCUT2D eigenvalue weighted by Crippen LogP contribution is -2.45. The topological polar surface area (TPSA) is 26.0 Å². The van der Waals surface area contributed by atoms with Crippen LogP contribution in [0.1, 0.15) is 36.8 Å². The second-order valence-electron chi connectivity index (χ2n) is 6.17. The average molecular weight is 300 g/mol. The fourth-order valence-corrected chi connectivity index (χ4v) is 3.98. The smallest absolute Gasteiger partial charge is 0.0408 e. The van der Waals surface area contributed by atoms with Crippen LogP contribution in [0.2, 0.25) is 5.02 Å². The van der Waals surface area contributed by atoms with E-state index in [0.717, 1.165) is 11.4 Å². The number of nitrogens with two attached hydrogens (primary N) is 1. The zero-order valence-corrected chi connectivity index (χ0v) is 13.0. The molecule has 0 saturated heterocycles. The predicted molar refractivity (Wildman–Crippen MR) is 89.7 cm³/mol. The van der Waals surface area contributed by atoms with Crippen LogP contribution in [0.25, 0.3) is 0 Å². The van der Waals surface area contributed by atoms with E-state index in [1.807, 2.05) is 18.2 Å². The Bertz CT molecular complexity index is 588. The standard InChI is InChI=1S/C19H22ClN/c20-17-10-6-7-15(13-17)14-18(21)19(11-4-5-12-19)16-8-2-1-3-9-16/h1-3,6-10,13,18H,4-5,11-12,14,21H2. The highest BCUT2D eigenvalue weighted by Crippen LogP contribution is 2.44. The summed E-state index contributed by atoms with van der Waals surface area (Å²) in [4.78, 5) is 0. The van der Waals surface area contributed by atoms with Gasteiger partial charge in [-0.15, -0.1) is 0 Å². The molecule has 2 aromatic rings. The molecule has 2 N–H and O–H groups in total. The van der Waals surface area contributed by atoms with E-state index in [2.05, 4.69) is 36.4 Å². The Morgan fingerprint density at radius 2 is 1.71 bits per heavy atom. The van der Waals surface area contributed by atoms with Crippen LogP contribution in [0.3, 0.4) is 0 Å². The highest BCUT2D eigenvalue weighted by Gasteiger charge is 2.40. The van der Waals surface area contributed by atoms with E-state index in [9.17, 15) is 0 Å². The van der Waals surface area contributed by atoms with E-state index in [-0.39, 0.29) is 11.5 Å². The summed E-state index contributed by atoms with van der Waals surface area (Å²) in [7, 11) is 0. The maximum absolute atomic E-state index is 6.69. The van der Waals surface area contributed by atoms with Gasteiger partial charge >= 0.3 is 0 Å². The van der Waals surface area contributed by atoms with Gasteiger partial charge in [-0.05, 0) is 42.5 Å². The van der Waals surface area contributed by atoms with Crippen LogP contribution in [-0.2, 0) is 11.8 Å². The third kappa shape index (κ3) is 3.00. The first-order valence-electron chi connectivity index (χ1n) is 7.76. The summed E-state index contributed by atoms with van der Waals surface area (Å²) < 4.78 is 0. The van der Waals surface area contributed by atoms with Gasteiger partial charge < -0.3 is 5.73 Å². The number of hydrogen-bond donors (Lipinski definition) is 1. The molecular formula is C19H22ClN. The van der Waals surface area contributed by atoms with Crippen LogP contribution in [-0.4, -0.2) is 6.04 Å². The molecule has 2 heteroatoms. The van der Waals surface area contributed by atoms with Crippen LogP contribution < -0.4 is 5.73 Å². The molecule has 1 nitrogen and oxygen atoms in total. The molecule has 0 heterocycles. The summed E-state index contributed by atoms with van der Waals surface area (Å²) in [6.45, 7) is 0. The van der Waals surface area contributed by atoms with E-state index >= 15 is 0 Å². The number of halogens is 1. The second kappa shape index (κ2) is 6.21. The Hall–Kier alpha value is -1.31. The summed E-state index contributed by atoms with van der Waals surface area (Å²) in [5, 5.41) is 0.792. The van der Waals surface area contributed by atoms with Gasteiger partial charge in [0.15, 0.2) is 0 Å². The van der Waals surface area contributed by atoms with Crippen LogP contribution in [0, 0.1) is 0 Å². The molecule has 0 amide bonds. The highest BCUT2D eigenvalue weighted by atomic mass is 35.5. The maximum atomic E-state index is 6.69. The average Bonchev–Trinajstić information content (AvgIpc) is 2.99. The zero-order valence-electron chi connectivity index (χ0n) is 12.3. The van der Waals surface area contributed by atoms with Gasteiger partial charge in [0, 0.05) is 16.5 Å². The lowest BCUT2D eigenvalue weighted by atomic mass is 9.71. The fraction of sp³-hybridized carbons (Fsp3) is 0.368. The van der Waals surface area contributed by atoms with Crippen LogP contribution in [0.15, 0.2) is 54.6 Å². The fourth-order valence-electron chi connectivity index (χ4n) is 3.76. The monoisotopic (exact) mass is 299 g/mol. The van der Waals surface area contributed by atoms with Gasteiger partial charge in [0.05, 0.1) is 0 Å². The van der Waals surface area contributed by atoms with Crippen molar-refractivity contribution in [1.82, 2.24) is 0 Å². The Morgan fingerprint density at radius 3 is 2.38 bits per heavy atom. The SMILES string of the molecule is NC(Cc1cccc(Cl)c1)C1(c2ccccc2)CCCC1. The van der Waals surface area contributed by atoms with Crippen molar-refractivity contribution in [1.29, 1.82) is 0 Å². The van der Waals surface area contributed by atoms with Gasteiger partial charge in [-0.25, -0.2) is 0 Å². The van der Waals surface area contributed by atoms with Crippen LogP contribution in [0.5, 0.6) is 0 Å². The first kappa shape index (κ1) is 14.6. The molecule has 1 atom stereocenters. The van der Waals surface area contributed by atoms with Crippen molar-refractivity contribution in [3.63, 3.8) is 0 Å². The molecule has 1 aliphatic rings. The molecule has 1 unspecified atom stereocenters. The Kier molecular flexibility index (Phi) is 4.32. The quantitative estimate of drug-likeness (QED) is 0.868. The third-order valence-electron chi connectivity index (χ3n) is 4.90. The van der Waals surface area contributed by atoms with Crippen molar-refractivity contribution >= 4 is 11.6 Å².